The fourth-order valence-electron chi connectivity index (χ4n) is 3.56. The monoisotopic (exact) mass is 418 g/mol. The number of rotatable bonds is 12. The van der Waals surface area contributed by atoms with Crippen molar-refractivity contribution in [3.8, 4) is 0 Å². The summed E-state index contributed by atoms with van der Waals surface area (Å²) in [7, 11) is 1.55. The molecule has 0 spiro atoms. The Balaban J connectivity index is 3.02. The van der Waals surface area contributed by atoms with Gasteiger partial charge in [-0.05, 0) is 36.7 Å². The third kappa shape index (κ3) is 8.56. The van der Waals surface area contributed by atoms with Gasteiger partial charge in [0.25, 0.3) is 0 Å². The van der Waals surface area contributed by atoms with Crippen LogP contribution in [-0.4, -0.2) is 36.0 Å². The number of unbranched alkanes of at least 4 members (excludes halogenated alkanes) is 1. The Labute approximate surface area is 180 Å². The highest BCUT2D eigenvalue weighted by atomic mass is 16.4. The molecule has 0 aliphatic carbocycles. The van der Waals surface area contributed by atoms with Gasteiger partial charge in [-0.3, -0.25) is 14.4 Å². The van der Waals surface area contributed by atoms with E-state index in [9.17, 15) is 19.5 Å². The van der Waals surface area contributed by atoms with E-state index in [-0.39, 0.29) is 18.2 Å². The Morgan fingerprint density at radius 3 is 2.13 bits per heavy atom. The number of benzene rings is 1. The number of aliphatic carboxylic acids is 1. The third-order valence-electron chi connectivity index (χ3n) is 5.48. The number of carboxylic acid groups (broad SMARTS) is 1. The minimum Gasteiger partial charge on any atom is -0.481 e. The summed E-state index contributed by atoms with van der Waals surface area (Å²) in [6, 6.07) is 9.16. The number of hydrogen-bond acceptors (Lipinski definition) is 3. The van der Waals surface area contributed by atoms with Gasteiger partial charge in [0.1, 0.15) is 6.04 Å². The molecule has 0 saturated carbocycles. The predicted octanol–water partition coefficient (Wildman–Crippen LogP) is 3.79. The molecule has 0 bridgehead atoms. The van der Waals surface area contributed by atoms with Gasteiger partial charge in [0.05, 0.1) is 5.92 Å². The van der Waals surface area contributed by atoms with E-state index in [1.807, 2.05) is 58.0 Å². The van der Waals surface area contributed by atoms with Gasteiger partial charge >= 0.3 is 5.97 Å². The zero-order valence-electron chi connectivity index (χ0n) is 19.0. The molecule has 6 nitrogen and oxygen atoms in total. The Kier molecular flexibility index (Phi) is 10.6. The zero-order chi connectivity index (χ0) is 22.7. The van der Waals surface area contributed by atoms with Gasteiger partial charge in [-0.25, -0.2) is 0 Å². The SMILES string of the molecule is CCCC[C@@H](C[C@@H](CCc1ccccc1)C(=O)N[C@H](C(=O)NC)C(C)(C)C)C(=O)O. The second kappa shape index (κ2) is 12.4. The zero-order valence-corrected chi connectivity index (χ0v) is 19.0. The van der Waals surface area contributed by atoms with Gasteiger partial charge in [0.15, 0.2) is 0 Å². The van der Waals surface area contributed by atoms with Crippen LogP contribution in [0.1, 0.15) is 65.4 Å². The van der Waals surface area contributed by atoms with Crippen LogP contribution < -0.4 is 10.6 Å². The molecule has 30 heavy (non-hydrogen) atoms. The predicted molar refractivity (Wildman–Crippen MR) is 119 cm³/mol. The Morgan fingerprint density at radius 2 is 1.63 bits per heavy atom. The van der Waals surface area contributed by atoms with Crippen LogP contribution in [0.15, 0.2) is 30.3 Å². The summed E-state index contributed by atoms with van der Waals surface area (Å²) >= 11 is 0. The van der Waals surface area contributed by atoms with Gasteiger partial charge in [0.2, 0.25) is 11.8 Å². The standard InChI is InChI=1S/C24H38N2O4/c1-6-7-13-19(23(29)30)16-18(15-14-17-11-9-8-10-12-17)21(27)26-20(22(28)25-5)24(2,3)4/h8-12,18-20H,6-7,13-16H2,1-5H3,(H,25,28)(H,26,27)(H,29,30)/t18-,19+,20-/m1/s1. The molecule has 0 aromatic heterocycles. The Bertz CT molecular complexity index is 682. The summed E-state index contributed by atoms with van der Waals surface area (Å²) in [5, 5.41) is 15.2. The molecule has 6 heteroatoms. The average Bonchev–Trinajstić information content (AvgIpc) is 2.70. The molecule has 0 aliphatic rings. The van der Waals surface area contributed by atoms with Crippen LogP contribution in [0.3, 0.4) is 0 Å². The van der Waals surface area contributed by atoms with Crippen LogP contribution in [0.5, 0.6) is 0 Å². The van der Waals surface area contributed by atoms with Crippen molar-refractivity contribution in [1.82, 2.24) is 10.6 Å². The first kappa shape index (κ1) is 25.7. The average molecular weight is 419 g/mol. The molecule has 168 valence electrons. The molecular formula is C24H38N2O4. The summed E-state index contributed by atoms with van der Waals surface area (Å²) in [5.41, 5.74) is 0.642. The van der Waals surface area contributed by atoms with Crippen molar-refractivity contribution in [3.05, 3.63) is 35.9 Å². The van der Waals surface area contributed by atoms with E-state index in [0.717, 1.165) is 18.4 Å². The molecule has 1 aromatic rings. The normalized spacial score (nSPS) is 14.4. The van der Waals surface area contributed by atoms with E-state index in [4.69, 9.17) is 0 Å². The molecule has 0 radical (unpaired) electrons. The van der Waals surface area contributed by atoms with Crippen molar-refractivity contribution < 1.29 is 19.5 Å². The number of aryl methyl sites for hydroxylation is 1. The first-order valence-electron chi connectivity index (χ1n) is 10.9. The van der Waals surface area contributed by atoms with Crippen molar-refractivity contribution in [2.75, 3.05) is 7.05 Å². The van der Waals surface area contributed by atoms with Crippen molar-refractivity contribution >= 4 is 17.8 Å². The summed E-state index contributed by atoms with van der Waals surface area (Å²) in [6.07, 6.45) is 3.77. The third-order valence-corrected chi connectivity index (χ3v) is 5.48. The number of carboxylic acids is 1. The largest absolute Gasteiger partial charge is 0.481 e. The summed E-state index contributed by atoms with van der Waals surface area (Å²) in [6.45, 7) is 7.71. The maximum Gasteiger partial charge on any atom is 0.306 e. The molecule has 0 unspecified atom stereocenters. The van der Waals surface area contributed by atoms with Gasteiger partial charge in [0, 0.05) is 13.0 Å². The Hall–Kier alpha value is -2.37. The highest BCUT2D eigenvalue weighted by molar-refractivity contribution is 5.89. The lowest BCUT2D eigenvalue weighted by molar-refractivity contribution is -0.143. The molecule has 0 heterocycles. The van der Waals surface area contributed by atoms with Crippen molar-refractivity contribution in [1.29, 1.82) is 0 Å². The Morgan fingerprint density at radius 1 is 1.00 bits per heavy atom. The van der Waals surface area contributed by atoms with E-state index in [0.29, 0.717) is 19.3 Å². The van der Waals surface area contributed by atoms with E-state index < -0.39 is 29.3 Å². The van der Waals surface area contributed by atoms with Crippen molar-refractivity contribution in [2.24, 2.45) is 17.3 Å². The van der Waals surface area contributed by atoms with Gasteiger partial charge in [-0.15, -0.1) is 0 Å². The summed E-state index contributed by atoms with van der Waals surface area (Å²) < 4.78 is 0. The number of nitrogens with one attached hydrogen (secondary N) is 2. The first-order chi connectivity index (χ1) is 14.1. The van der Waals surface area contributed by atoms with Crippen LogP contribution in [0.2, 0.25) is 0 Å². The summed E-state index contributed by atoms with van der Waals surface area (Å²) in [4.78, 5) is 37.3. The molecule has 2 amide bonds. The molecule has 0 aliphatic heterocycles. The number of carbonyl (C=O) groups is 3. The maximum absolute atomic E-state index is 13.2. The minimum absolute atomic E-state index is 0.251. The molecule has 1 aromatic carbocycles. The van der Waals surface area contributed by atoms with E-state index >= 15 is 0 Å². The van der Waals surface area contributed by atoms with Crippen LogP contribution in [-0.2, 0) is 20.8 Å². The molecule has 3 atom stereocenters. The highest BCUT2D eigenvalue weighted by Crippen LogP contribution is 2.25. The molecular weight excluding hydrogens is 380 g/mol. The quantitative estimate of drug-likeness (QED) is 0.481. The van der Waals surface area contributed by atoms with Gasteiger partial charge < -0.3 is 15.7 Å². The van der Waals surface area contributed by atoms with Crippen molar-refractivity contribution in [2.45, 2.75) is 72.3 Å². The van der Waals surface area contributed by atoms with Crippen LogP contribution in [0.4, 0.5) is 0 Å². The van der Waals surface area contributed by atoms with Crippen LogP contribution in [0, 0.1) is 17.3 Å². The second-order valence-corrected chi connectivity index (χ2v) is 9.06. The van der Waals surface area contributed by atoms with E-state index in [1.54, 1.807) is 7.05 Å². The topological polar surface area (TPSA) is 95.5 Å². The lowest BCUT2D eigenvalue weighted by Gasteiger charge is -2.31. The highest BCUT2D eigenvalue weighted by Gasteiger charge is 2.35. The van der Waals surface area contributed by atoms with Crippen molar-refractivity contribution in [3.63, 3.8) is 0 Å². The molecule has 3 N–H and O–H groups in total. The number of amides is 2. The number of carbonyl (C=O) groups excluding carboxylic acids is 2. The lowest BCUT2D eigenvalue weighted by Crippen LogP contribution is -2.54. The second-order valence-electron chi connectivity index (χ2n) is 9.06. The van der Waals surface area contributed by atoms with E-state index in [2.05, 4.69) is 10.6 Å². The fourth-order valence-corrected chi connectivity index (χ4v) is 3.56. The molecule has 1 rings (SSSR count). The first-order valence-corrected chi connectivity index (χ1v) is 10.9. The number of likely N-dealkylation sites (N-methyl/N-ethyl adjacent to an activating group) is 1. The van der Waals surface area contributed by atoms with Crippen LogP contribution >= 0.6 is 0 Å². The number of hydrogen-bond donors (Lipinski definition) is 3. The molecule has 0 fully saturated rings. The smallest absolute Gasteiger partial charge is 0.306 e. The lowest BCUT2D eigenvalue weighted by atomic mass is 9.83. The maximum atomic E-state index is 13.2. The van der Waals surface area contributed by atoms with Crippen LogP contribution in [0.25, 0.3) is 0 Å². The molecule has 0 saturated heterocycles. The minimum atomic E-state index is -0.861. The van der Waals surface area contributed by atoms with Gasteiger partial charge in [-0.2, -0.15) is 0 Å². The fraction of sp³-hybridized carbons (Fsp3) is 0.625. The van der Waals surface area contributed by atoms with Gasteiger partial charge in [-0.1, -0.05) is 70.9 Å². The summed E-state index contributed by atoms with van der Waals surface area (Å²) in [5.74, 6) is -2.41. The van der Waals surface area contributed by atoms with E-state index in [1.165, 1.54) is 0 Å².